The molecule has 4 aromatic rings. The normalized spacial score (nSPS) is 10.3. The van der Waals surface area contributed by atoms with Crippen molar-refractivity contribution in [1.82, 2.24) is 0 Å². The van der Waals surface area contributed by atoms with Gasteiger partial charge >= 0.3 is 0 Å². The smallest absolute Gasteiger partial charge is 0.262 e. The van der Waals surface area contributed by atoms with E-state index in [1.54, 1.807) is 4.90 Å². The number of hydrogen-bond acceptors (Lipinski definition) is 2. The third-order valence-electron chi connectivity index (χ3n) is 4.58. The number of anilines is 2. The average molecular weight is 379 g/mol. The highest BCUT2D eigenvalue weighted by Gasteiger charge is 2.19. The molecule has 0 atom stereocenters. The second-order valence-electron chi connectivity index (χ2n) is 6.61. The average Bonchev–Trinajstić information content (AvgIpc) is 2.80. The minimum absolute atomic E-state index is 0.0861. The summed E-state index contributed by atoms with van der Waals surface area (Å²) in [6, 6.07) is 36.6. The summed E-state index contributed by atoms with van der Waals surface area (Å²) in [6.07, 6.45) is 0. The quantitative estimate of drug-likeness (QED) is 0.397. The third kappa shape index (κ3) is 4.53. The van der Waals surface area contributed by atoms with Crippen molar-refractivity contribution >= 4 is 17.3 Å². The van der Waals surface area contributed by atoms with E-state index in [2.05, 4.69) is 0 Å². The molecule has 0 aromatic heterocycles. The molecule has 0 aliphatic rings. The lowest BCUT2D eigenvalue weighted by molar-refractivity contribution is 0.0999. The maximum Gasteiger partial charge on any atom is 0.262 e. The molecule has 29 heavy (non-hydrogen) atoms. The number of ether oxygens (including phenoxy) is 1. The number of carbonyl (C=O) groups is 1. The Morgan fingerprint density at radius 1 is 0.621 bits per heavy atom. The molecule has 0 aliphatic heterocycles. The molecule has 1 amide bonds. The van der Waals surface area contributed by atoms with Crippen LogP contribution >= 0.6 is 0 Å². The summed E-state index contributed by atoms with van der Waals surface area (Å²) in [5, 5.41) is 0. The molecule has 0 fully saturated rings. The first-order chi connectivity index (χ1) is 14.3. The minimum Gasteiger partial charge on any atom is -0.489 e. The highest BCUT2D eigenvalue weighted by molar-refractivity contribution is 6.10. The van der Waals surface area contributed by atoms with Crippen LogP contribution in [-0.2, 0) is 6.61 Å². The molecule has 3 nitrogen and oxygen atoms in total. The Morgan fingerprint density at radius 2 is 1.10 bits per heavy atom. The van der Waals surface area contributed by atoms with E-state index in [9.17, 15) is 4.79 Å². The molecular formula is C26H21NO2. The van der Waals surface area contributed by atoms with Gasteiger partial charge in [-0.25, -0.2) is 0 Å². The molecule has 3 heteroatoms. The Balaban J connectivity index is 1.55. The summed E-state index contributed by atoms with van der Waals surface area (Å²) in [5.41, 5.74) is 3.36. The summed E-state index contributed by atoms with van der Waals surface area (Å²) in [6.45, 7) is 0.494. The fourth-order valence-corrected chi connectivity index (χ4v) is 3.10. The molecule has 142 valence electrons. The molecular weight excluding hydrogens is 358 g/mol. The Labute approximate surface area is 170 Å². The fraction of sp³-hybridized carbons (Fsp3) is 0.0385. The minimum atomic E-state index is -0.0861. The number of amides is 1. The predicted octanol–water partition coefficient (Wildman–Crippen LogP) is 6.24. The zero-order chi connectivity index (χ0) is 19.9. The summed E-state index contributed by atoms with van der Waals surface area (Å²) >= 11 is 0. The third-order valence-corrected chi connectivity index (χ3v) is 4.58. The van der Waals surface area contributed by atoms with Gasteiger partial charge in [-0.05, 0) is 54.1 Å². The van der Waals surface area contributed by atoms with Crippen molar-refractivity contribution in [3.05, 3.63) is 126 Å². The Hall–Kier alpha value is -3.85. The van der Waals surface area contributed by atoms with Crippen LogP contribution < -0.4 is 9.64 Å². The molecule has 0 unspecified atom stereocenters. The number of rotatable bonds is 6. The van der Waals surface area contributed by atoms with E-state index >= 15 is 0 Å². The standard InChI is InChI=1S/C26H21NO2/c28-26(27(23-12-6-2-7-13-23)24-14-8-3-9-15-24)22-16-18-25(19-17-22)29-20-21-10-4-1-5-11-21/h1-19H,20H2. The molecule has 0 bridgehead atoms. The lowest BCUT2D eigenvalue weighted by atomic mass is 10.1. The number of benzene rings is 4. The Morgan fingerprint density at radius 3 is 1.62 bits per heavy atom. The molecule has 4 rings (SSSR count). The molecule has 0 heterocycles. The monoisotopic (exact) mass is 379 g/mol. The molecule has 0 saturated carbocycles. The van der Waals surface area contributed by atoms with Crippen LogP contribution in [0.15, 0.2) is 115 Å². The van der Waals surface area contributed by atoms with Gasteiger partial charge in [0.05, 0.1) is 0 Å². The number of nitrogens with zero attached hydrogens (tertiary/aromatic N) is 1. The van der Waals surface area contributed by atoms with Gasteiger partial charge in [0, 0.05) is 16.9 Å². The van der Waals surface area contributed by atoms with Gasteiger partial charge in [0.25, 0.3) is 5.91 Å². The van der Waals surface area contributed by atoms with Crippen molar-refractivity contribution in [2.24, 2.45) is 0 Å². The summed E-state index contributed by atoms with van der Waals surface area (Å²) in [5.74, 6) is 0.647. The fourth-order valence-electron chi connectivity index (χ4n) is 3.10. The van der Waals surface area contributed by atoms with Gasteiger partial charge in [0.2, 0.25) is 0 Å². The largest absolute Gasteiger partial charge is 0.489 e. The van der Waals surface area contributed by atoms with Crippen molar-refractivity contribution in [2.75, 3.05) is 4.90 Å². The molecule has 0 aliphatic carbocycles. The van der Waals surface area contributed by atoms with E-state index in [1.165, 1.54) is 0 Å². The molecule has 0 saturated heterocycles. The molecule has 0 N–H and O–H groups in total. The topological polar surface area (TPSA) is 29.5 Å². The van der Waals surface area contributed by atoms with Crippen molar-refractivity contribution in [3.63, 3.8) is 0 Å². The second-order valence-corrected chi connectivity index (χ2v) is 6.61. The van der Waals surface area contributed by atoms with E-state index in [1.807, 2.05) is 115 Å². The first kappa shape index (κ1) is 18.5. The van der Waals surface area contributed by atoms with Gasteiger partial charge in [-0.1, -0.05) is 66.7 Å². The maximum atomic E-state index is 13.3. The zero-order valence-corrected chi connectivity index (χ0v) is 15.9. The maximum absolute atomic E-state index is 13.3. The number of para-hydroxylation sites is 2. The van der Waals surface area contributed by atoms with Crippen molar-refractivity contribution in [3.8, 4) is 5.75 Å². The van der Waals surface area contributed by atoms with Crippen molar-refractivity contribution in [1.29, 1.82) is 0 Å². The van der Waals surface area contributed by atoms with Gasteiger partial charge in [0.15, 0.2) is 0 Å². The van der Waals surface area contributed by atoms with Crippen molar-refractivity contribution in [2.45, 2.75) is 6.61 Å². The van der Waals surface area contributed by atoms with Gasteiger partial charge in [-0.2, -0.15) is 0 Å². The van der Waals surface area contributed by atoms with Crippen LogP contribution in [0.1, 0.15) is 15.9 Å². The van der Waals surface area contributed by atoms with Crippen LogP contribution in [0, 0.1) is 0 Å². The molecule has 0 spiro atoms. The van der Waals surface area contributed by atoms with Gasteiger partial charge in [-0.15, -0.1) is 0 Å². The summed E-state index contributed by atoms with van der Waals surface area (Å²) < 4.78 is 5.83. The lowest BCUT2D eigenvalue weighted by Crippen LogP contribution is -2.25. The predicted molar refractivity (Wildman–Crippen MR) is 117 cm³/mol. The molecule has 0 radical (unpaired) electrons. The van der Waals surface area contributed by atoms with E-state index in [0.29, 0.717) is 12.2 Å². The first-order valence-corrected chi connectivity index (χ1v) is 9.52. The van der Waals surface area contributed by atoms with Crippen LogP contribution in [0.5, 0.6) is 5.75 Å². The first-order valence-electron chi connectivity index (χ1n) is 9.52. The number of carbonyl (C=O) groups excluding carboxylic acids is 1. The second kappa shape index (κ2) is 8.89. The van der Waals surface area contributed by atoms with E-state index in [0.717, 1.165) is 22.7 Å². The summed E-state index contributed by atoms with van der Waals surface area (Å²) in [4.78, 5) is 15.0. The highest BCUT2D eigenvalue weighted by atomic mass is 16.5. The summed E-state index contributed by atoms with van der Waals surface area (Å²) in [7, 11) is 0. The lowest BCUT2D eigenvalue weighted by Gasteiger charge is -2.23. The van der Waals surface area contributed by atoms with E-state index in [-0.39, 0.29) is 5.91 Å². The van der Waals surface area contributed by atoms with Crippen LogP contribution in [-0.4, -0.2) is 5.91 Å². The SMILES string of the molecule is O=C(c1ccc(OCc2ccccc2)cc1)N(c1ccccc1)c1ccccc1. The number of hydrogen-bond donors (Lipinski definition) is 0. The van der Waals surface area contributed by atoms with Crippen LogP contribution in [0.2, 0.25) is 0 Å². The van der Waals surface area contributed by atoms with Crippen molar-refractivity contribution < 1.29 is 9.53 Å². The van der Waals surface area contributed by atoms with E-state index in [4.69, 9.17) is 4.74 Å². The van der Waals surface area contributed by atoms with Gasteiger partial charge < -0.3 is 4.74 Å². The molecule has 4 aromatic carbocycles. The van der Waals surface area contributed by atoms with E-state index < -0.39 is 0 Å². The van der Waals surface area contributed by atoms with Crippen LogP contribution in [0.3, 0.4) is 0 Å². The van der Waals surface area contributed by atoms with Gasteiger partial charge in [-0.3, -0.25) is 9.69 Å². The van der Waals surface area contributed by atoms with Crippen LogP contribution in [0.25, 0.3) is 0 Å². The highest BCUT2D eigenvalue weighted by Crippen LogP contribution is 2.27. The Kier molecular flexibility index (Phi) is 5.68. The Bertz CT molecular complexity index is 1010. The van der Waals surface area contributed by atoms with Crippen LogP contribution in [0.4, 0.5) is 11.4 Å². The zero-order valence-electron chi connectivity index (χ0n) is 15.9. The van der Waals surface area contributed by atoms with Gasteiger partial charge in [0.1, 0.15) is 12.4 Å².